The molecule has 0 aliphatic rings. The lowest BCUT2D eigenvalue weighted by Crippen LogP contribution is -2.13. The molecule has 0 amide bonds. The maximum atomic E-state index is 9.02. The summed E-state index contributed by atoms with van der Waals surface area (Å²) in [6.07, 6.45) is 0. The lowest BCUT2D eigenvalue weighted by Gasteiger charge is -2.07. The Morgan fingerprint density at radius 2 is 2.08 bits per heavy atom. The quantitative estimate of drug-likeness (QED) is 0.645. The molecule has 1 atom stereocenters. The van der Waals surface area contributed by atoms with Gasteiger partial charge in [0.1, 0.15) is 5.75 Å². The normalized spacial score (nSPS) is 11.8. The van der Waals surface area contributed by atoms with Gasteiger partial charge in [-0.05, 0) is 17.7 Å². The molecular formula is C8H12ClNO2. The van der Waals surface area contributed by atoms with Crippen molar-refractivity contribution in [1.82, 2.24) is 0 Å². The number of phenols is 1. The summed E-state index contributed by atoms with van der Waals surface area (Å²) in [4.78, 5) is 0. The number of halogens is 1. The van der Waals surface area contributed by atoms with E-state index >= 15 is 0 Å². The number of aromatic hydroxyl groups is 1. The van der Waals surface area contributed by atoms with E-state index < -0.39 is 6.04 Å². The molecule has 4 heteroatoms. The summed E-state index contributed by atoms with van der Waals surface area (Å²) in [5.74, 6) is 0.173. The Morgan fingerprint density at radius 3 is 2.58 bits per heavy atom. The molecule has 0 heterocycles. The number of aliphatic hydroxyl groups excluding tert-OH is 1. The highest BCUT2D eigenvalue weighted by Crippen LogP contribution is 2.15. The maximum absolute atomic E-state index is 9.02. The first kappa shape index (κ1) is 11.2. The Labute approximate surface area is 77.2 Å². The van der Waals surface area contributed by atoms with E-state index in [1.54, 1.807) is 24.3 Å². The molecule has 1 rings (SSSR count). The summed E-state index contributed by atoms with van der Waals surface area (Å²) < 4.78 is 0. The third-order valence-corrected chi connectivity index (χ3v) is 1.50. The number of aliphatic hydroxyl groups is 1. The summed E-state index contributed by atoms with van der Waals surface area (Å²) in [6, 6.07) is 6.16. The van der Waals surface area contributed by atoms with Crippen LogP contribution in [0.5, 0.6) is 5.75 Å². The van der Waals surface area contributed by atoms with Gasteiger partial charge in [0.25, 0.3) is 0 Å². The first-order chi connectivity index (χ1) is 5.24. The predicted molar refractivity (Wildman–Crippen MR) is 49.4 cm³/mol. The van der Waals surface area contributed by atoms with Gasteiger partial charge >= 0.3 is 0 Å². The molecule has 0 bridgehead atoms. The summed E-state index contributed by atoms with van der Waals surface area (Å²) in [5.41, 5.74) is 6.25. The second-order valence-corrected chi connectivity index (χ2v) is 2.38. The highest BCUT2D eigenvalue weighted by Gasteiger charge is 2.03. The topological polar surface area (TPSA) is 66.5 Å². The van der Waals surface area contributed by atoms with E-state index in [1.807, 2.05) is 0 Å². The minimum Gasteiger partial charge on any atom is -0.508 e. The zero-order chi connectivity index (χ0) is 8.27. The zero-order valence-corrected chi connectivity index (χ0v) is 7.29. The lowest BCUT2D eigenvalue weighted by atomic mass is 10.1. The zero-order valence-electron chi connectivity index (χ0n) is 6.47. The third-order valence-electron chi connectivity index (χ3n) is 1.50. The smallest absolute Gasteiger partial charge is 0.115 e. The Kier molecular flexibility index (Phi) is 4.66. The van der Waals surface area contributed by atoms with Crippen molar-refractivity contribution in [1.29, 1.82) is 0 Å². The van der Waals surface area contributed by atoms with Gasteiger partial charge in [-0.1, -0.05) is 12.1 Å². The molecule has 0 spiro atoms. The fraction of sp³-hybridized carbons (Fsp3) is 0.250. The minimum absolute atomic E-state index is 0. The minimum atomic E-state index is -0.401. The summed E-state index contributed by atoms with van der Waals surface area (Å²) in [6.45, 7) is -0.108. The van der Waals surface area contributed by atoms with E-state index in [4.69, 9.17) is 15.9 Å². The third kappa shape index (κ3) is 2.70. The van der Waals surface area contributed by atoms with Crippen LogP contribution in [0.3, 0.4) is 0 Å². The van der Waals surface area contributed by atoms with E-state index in [0.29, 0.717) is 0 Å². The van der Waals surface area contributed by atoms with Crippen molar-refractivity contribution in [2.75, 3.05) is 6.61 Å². The van der Waals surface area contributed by atoms with Crippen LogP contribution in [-0.2, 0) is 0 Å². The molecule has 0 saturated carbocycles. The van der Waals surface area contributed by atoms with Gasteiger partial charge in [-0.25, -0.2) is 0 Å². The molecule has 3 nitrogen and oxygen atoms in total. The monoisotopic (exact) mass is 189 g/mol. The average Bonchev–Trinajstić information content (AvgIpc) is 2.03. The Hall–Kier alpha value is -0.770. The molecule has 0 aliphatic carbocycles. The molecule has 1 aromatic rings. The molecule has 1 aromatic carbocycles. The summed E-state index contributed by atoms with van der Waals surface area (Å²) >= 11 is 0. The molecule has 0 saturated heterocycles. The van der Waals surface area contributed by atoms with Crippen molar-refractivity contribution in [3.05, 3.63) is 29.8 Å². The van der Waals surface area contributed by atoms with Crippen molar-refractivity contribution in [3.8, 4) is 5.75 Å². The molecule has 68 valence electrons. The van der Waals surface area contributed by atoms with Crippen LogP contribution < -0.4 is 5.73 Å². The molecular weight excluding hydrogens is 178 g/mol. The van der Waals surface area contributed by atoms with E-state index in [-0.39, 0.29) is 24.8 Å². The van der Waals surface area contributed by atoms with E-state index in [1.165, 1.54) is 0 Å². The molecule has 12 heavy (non-hydrogen) atoms. The van der Waals surface area contributed by atoms with Crippen LogP contribution >= 0.6 is 12.4 Å². The van der Waals surface area contributed by atoms with Crippen LogP contribution in [0.4, 0.5) is 0 Å². The summed E-state index contributed by atoms with van der Waals surface area (Å²) in [7, 11) is 0. The van der Waals surface area contributed by atoms with E-state index in [2.05, 4.69) is 0 Å². The van der Waals surface area contributed by atoms with Crippen LogP contribution in [0.1, 0.15) is 11.6 Å². The molecule has 0 unspecified atom stereocenters. The number of phenolic OH excluding ortho intramolecular Hbond substituents is 1. The Bertz CT molecular complexity index is 242. The van der Waals surface area contributed by atoms with Crippen LogP contribution in [0.15, 0.2) is 24.3 Å². The number of hydrogen-bond donors (Lipinski definition) is 3. The Balaban J connectivity index is 0.00000121. The number of benzene rings is 1. The van der Waals surface area contributed by atoms with E-state index in [0.717, 1.165) is 5.56 Å². The van der Waals surface area contributed by atoms with Gasteiger partial charge in [-0.15, -0.1) is 12.4 Å². The van der Waals surface area contributed by atoms with Crippen LogP contribution in [0.2, 0.25) is 0 Å². The van der Waals surface area contributed by atoms with Crippen molar-refractivity contribution in [2.24, 2.45) is 5.73 Å². The van der Waals surface area contributed by atoms with Crippen molar-refractivity contribution in [3.63, 3.8) is 0 Å². The van der Waals surface area contributed by atoms with Gasteiger partial charge in [0, 0.05) is 0 Å². The standard InChI is InChI=1S/C8H11NO2.ClH/c9-8(5-10)6-2-1-3-7(11)4-6;/h1-4,8,10-11H,5,9H2;1H/t8-;/m0./s1. The van der Waals surface area contributed by atoms with Gasteiger partial charge in [-0.2, -0.15) is 0 Å². The molecule has 0 aliphatic heterocycles. The first-order valence-corrected chi connectivity index (χ1v) is 3.39. The van der Waals surface area contributed by atoms with Gasteiger partial charge in [0.15, 0.2) is 0 Å². The SMILES string of the molecule is Cl.N[C@@H](CO)c1cccc(O)c1. The van der Waals surface area contributed by atoms with Gasteiger partial charge in [-0.3, -0.25) is 0 Å². The highest BCUT2D eigenvalue weighted by molar-refractivity contribution is 5.85. The number of rotatable bonds is 2. The summed E-state index contributed by atoms with van der Waals surface area (Å²) in [5, 5.41) is 17.7. The fourth-order valence-electron chi connectivity index (χ4n) is 0.861. The molecule has 4 N–H and O–H groups in total. The van der Waals surface area contributed by atoms with Crippen LogP contribution in [-0.4, -0.2) is 16.8 Å². The van der Waals surface area contributed by atoms with Gasteiger partial charge in [0.05, 0.1) is 12.6 Å². The second-order valence-electron chi connectivity index (χ2n) is 2.38. The fourth-order valence-corrected chi connectivity index (χ4v) is 0.861. The first-order valence-electron chi connectivity index (χ1n) is 3.39. The predicted octanol–water partition coefficient (Wildman–Crippen LogP) is 0.806. The van der Waals surface area contributed by atoms with Gasteiger partial charge < -0.3 is 15.9 Å². The molecule has 0 fully saturated rings. The van der Waals surface area contributed by atoms with Crippen LogP contribution in [0.25, 0.3) is 0 Å². The maximum Gasteiger partial charge on any atom is 0.115 e. The van der Waals surface area contributed by atoms with Crippen molar-refractivity contribution in [2.45, 2.75) is 6.04 Å². The van der Waals surface area contributed by atoms with E-state index in [9.17, 15) is 0 Å². The molecule has 0 aromatic heterocycles. The number of hydrogen-bond acceptors (Lipinski definition) is 3. The number of nitrogens with two attached hydrogens (primary N) is 1. The van der Waals surface area contributed by atoms with Gasteiger partial charge in [0.2, 0.25) is 0 Å². The molecule has 0 radical (unpaired) electrons. The highest BCUT2D eigenvalue weighted by atomic mass is 35.5. The van der Waals surface area contributed by atoms with Crippen molar-refractivity contribution >= 4 is 12.4 Å². The van der Waals surface area contributed by atoms with Crippen LogP contribution in [0, 0.1) is 0 Å². The lowest BCUT2D eigenvalue weighted by molar-refractivity contribution is 0.268. The average molecular weight is 190 g/mol. The Morgan fingerprint density at radius 1 is 1.42 bits per heavy atom. The van der Waals surface area contributed by atoms with Crippen molar-refractivity contribution < 1.29 is 10.2 Å². The second kappa shape index (κ2) is 4.98. The largest absolute Gasteiger partial charge is 0.508 e.